The van der Waals surface area contributed by atoms with Crippen LogP contribution in [0.1, 0.15) is 44.3 Å². The highest BCUT2D eigenvalue weighted by molar-refractivity contribution is 5.89. The third-order valence-corrected chi connectivity index (χ3v) is 2.66. The first-order valence-corrected chi connectivity index (χ1v) is 5.35. The topological polar surface area (TPSA) is 61.2 Å². The summed E-state index contributed by atoms with van der Waals surface area (Å²) in [6.45, 7) is 4.03. The van der Waals surface area contributed by atoms with Gasteiger partial charge in [-0.1, -0.05) is 0 Å². The lowest BCUT2D eigenvalue weighted by Gasteiger charge is -2.22. The van der Waals surface area contributed by atoms with Crippen molar-refractivity contribution in [1.29, 1.82) is 0 Å². The number of ether oxygens (including phenoxy) is 1. The van der Waals surface area contributed by atoms with Crippen molar-refractivity contribution in [1.82, 2.24) is 9.78 Å². The van der Waals surface area contributed by atoms with Gasteiger partial charge in [-0.25, -0.2) is 0 Å². The minimum absolute atomic E-state index is 0.0985. The zero-order valence-electron chi connectivity index (χ0n) is 9.34. The van der Waals surface area contributed by atoms with Crippen LogP contribution in [0.15, 0.2) is 12.3 Å². The number of carbonyl (C=O) groups excluding carboxylic acids is 2. The molecule has 1 aromatic rings. The van der Waals surface area contributed by atoms with Gasteiger partial charge in [0.25, 0.3) is 0 Å². The SMILES string of the molecule is CC(C)n1nccc1C1CC(=O)OC(=O)C1. The second-order valence-corrected chi connectivity index (χ2v) is 4.25. The summed E-state index contributed by atoms with van der Waals surface area (Å²) >= 11 is 0. The summed E-state index contributed by atoms with van der Waals surface area (Å²) in [5, 5.41) is 4.19. The highest BCUT2D eigenvalue weighted by atomic mass is 16.6. The van der Waals surface area contributed by atoms with Crippen LogP contribution in [-0.2, 0) is 14.3 Å². The van der Waals surface area contributed by atoms with E-state index in [2.05, 4.69) is 9.84 Å². The fraction of sp³-hybridized carbons (Fsp3) is 0.545. The number of carbonyl (C=O) groups is 2. The summed E-state index contributed by atoms with van der Waals surface area (Å²) in [5.74, 6) is -0.992. The first-order chi connectivity index (χ1) is 7.58. The van der Waals surface area contributed by atoms with E-state index >= 15 is 0 Å². The molecule has 0 radical (unpaired) electrons. The quantitative estimate of drug-likeness (QED) is 0.560. The van der Waals surface area contributed by atoms with Crippen LogP contribution in [0.4, 0.5) is 0 Å². The molecule has 0 aromatic carbocycles. The van der Waals surface area contributed by atoms with Crippen molar-refractivity contribution < 1.29 is 14.3 Å². The fourth-order valence-corrected chi connectivity index (χ4v) is 1.97. The largest absolute Gasteiger partial charge is 0.393 e. The van der Waals surface area contributed by atoms with Gasteiger partial charge in [0.05, 0.1) is 12.8 Å². The molecule has 0 aliphatic carbocycles. The Kier molecular flexibility index (Phi) is 2.77. The lowest BCUT2D eigenvalue weighted by molar-refractivity contribution is -0.164. The number of hydrogen-bond donors (Lipinski definition) is 0. The molecular formula is C11H14N2O3. The van der Waals surface area contributed by atoms with Crippen molar-refractivity contribution in [2.75, 3.05) is 0 Å². The molecule has 1 saturated heterocycles. The fourth-order valence-electron chi connectivity index (χ4n) is 1.97. The zero-order chi connectivity index (χ0) is 11.7. The molecule has 5 heteroatoms. The van der Waals surface area contributed by atoms with E-state index in [1.807, 2.05) is 24.6 Å². The highest BCUT2D eigenvalue weighted by Crippen LogP contribution is 2.29. The summed E-state index contributed by atoms with van der Waals surface area (Å²) in [6.07, 6.45) is 2.20. The monoisotopic (exact) mass is 222 g/mol. The number of nitrogens with zero attached hydrogens (tertiary/aromatic N) is 2. The normalized spacial score (nSPS) is 17.9. The van der Waals surface area contributed by atoms with E-state index in [0.29, 0.717) is 0 Å². The number of aromatic nitrogens is 2. The molecule has 0 unspecified atom stereocenters. The van der Waals surface area contributed by atoms with Crippen LogP contribution in [0.3, 0.4) is 0 Å². The van der Waals surface area contributed by atoms with Crippen molar-refractivity contribution in [2.45, 2.75) is 38.6 Å². The maximum absolute atomic E-state index is 11.2. The van der Waals surface area contributed by atoms with Crippen molar-refractivity contribution in [3.05, 3.63) is 18.0 Å². The van der Waals surface area contributed by atoms with Crippen LogP contribution in [0.25, 0.3) is 0 Å². The van der Waals surface area contributed by atoms with Crippen molar-refractivity contribution in [2.24, 2.45) is 0 Å². The van der Waals surface area contributed by atoms with Gasteiger partial charge in [0.2, 0.25) is 0 Å². The number of rotatable bonds is 2. The van der Waals surface area contributed by atoms with Gasteiger partial charge in [0.1, 0.15) is 0 Å². The molecule has 0 spiro atoms. The van der Waals surface area contributed by atoms with Crippen LogP contribution in [0.2, 0.25) is 0 Å². The van der Waals surface area contributed by atoms with Gasteiger partial charge < -0.3 is 4.74 Å². The van der Waals surface area contributed by atoms with E-state index in [9.17, 15) is 9.59 Å². The van der Waals surface area contributed by atoms with E-state index in [1.54, 1.807) is 6.20 Å². The Morgan fingerprint density at radius 3 is 2.56 bits per heavy atom. The summed E-state index contributed by atoms with van der Waals surface area (Å²) in [6, 6.07) is 2.08. The van der Waals surface area contributed by atoms with E-state index in [4.69, 9.17) is 0 Å². The molecule has 1 aliphatic heterocycles. The standard InChI is InChI=1S/C11H14N2O3/c1-7(2)13-9(3-4-12-13)8-5-10(14)16-11(15)6-8/h3-4,7-8H,5-6H2,1-2H3. The molecule has 86 valence electrons. The average Bonchev–Trinajstić information content (AvgIpc) is 2.63. The van der Waals surface area contributed by atoms with Crippen LogP contribution in [0, 0.1) is 0 Å². The maximum Gasteiger partial charge on any atom is 0.314 e. The molecule has 0 amide bonds. The molecular weight excluding hydrogens is 208 g/mol. The minimum Gasteiger partial charge on any atom is -0.393 e. The number of cyclic esters (lactones) is 2. The second kappa shape index (κ2) is 4.08. The smallest absolute Gasteiger partial charge is 0.314 e. The second-order valence-electron chi connectivity index (χ2n) is 4.25. The van der Waals surface area contributed by atoms with Crippen molar-refractivity contribution in [3.8, 4) is 0 Å². The Labute approximate surface area is 93.4 Å². The third-order valence-electron chi connectivity index (χ3n) is 2.66. The van der Waals surface area contributed by atoms with Gasteiger partial charge in [-0.3, -0.25) is 14.3 Å². The summed E-state index contributed by atoms with van der Waals surface area (Å²) < 4.78 is 6.35. The molecule has 0 N–H and O–H groups in total. The molecule has 0 saturated carbocycles. The molecule has 5 nitrogen and oxygen atoms in total. The zero-order valence-corrected chi connectivity index (χ0v) is 9.34. The maximum atomic E-state index is 11.2. The minimum atomic E-state index is -0.447. The van der Waals surface area contributed by atoms with Gasteiger partial charge in [0.15, 0.2) is 0 Å². The first kappa shape index (κ1) is 10.9. The Morgan fingerprint density at radius 1 is 1.38 bits per heavy atom. The third kappa shape index (κ3) is 1.98. The molecule has 2 rings (SSSR count). The van der Waals surface area contributed by atoms with Gasteiger partial charge >= 0.3 is 11.9 Å². The lowest BCUT2D eigenvalue weighted by Crippen LogP contribution is -2.26. The number of esters is 2. The average molecular weight is 222 g/mol. The Balaban J connectivity index is 2.26. The van der Waals surface area contributed by atoms with Gasteiger partial charge in [-0.05, 0) is 19.9 Å². The van der Waals surface area contributed by atoms with Crippen LogP contribution in [0.5, 0.6) is 0 Å². The van der Waals surface area contributed by atoms with Gasteiger partial charge in [-0.15, -0.1) is 0 Å². The lowest BCUT2D eigenvalue weighted by atomic mass is 9.95. The first-order valence-electron chi connectivity index (χ1n) is 5.35. The van der Waals surface area contributed by atoms with Crippen LogP contribution in [-0.4, -0.2) is 21.7 Å². The molecule has 0 atom stereocenters. The molecule has 2 heterocycles. The van der Waals surface area contributed by atoms with E-state index in [-0.39, 0.29) is 24.8 Å². The molecule has 16 heavy (non-hydrogen) atoms. The predicted octanol–water partition coefficient (Wildman–Crippen LogP) is 1.41. The molecule has 1 aliphatic rings. The van der Waals surface area contributed by atoms with E-state index in [1.165, 1.54) is 0 Å². The van der Waals surface area contributed by atoms with Gasteiger partial charge in [-0.2, -0.15) is 5.10 Å². The Bertz CT molecular complexity index is 407. The highest BCUT2D eigenvalue weighted by Gasteiger charge is 2.30. The van der Waals surface area contributed by atoms with Crippen molar-refractivity contribution in [3.63, 3.8) is 0 Å². The Morgan fingerprint density at radius 2 is 2.00 bits per heavy atom. The number of hydrogen-bond acceptors (Lipinski definition) is 4. The van der Waals surface area contributed by atoms with Crippen LogP contribution >= 0.6 is 0 Å². The summed E-state index contributed by atoms with van der Waals surface area (Å²) in [7, 11) is 0. The molecule has 1 aromatic heterocycles. The van der Waals surface area contributed by atoms with Gasteiger partial charge in [0, 0.05) is 23.9 Å². The predicted molar refractivity (Wildman–Crippen MR) is 55.7 cm³/mol. The van der Waals surface area contributed by atoms with E-state index in [0.717, 1.165) is 5.69 Å². The molecule has 0 bridgehead atoms. The summed E-state index contributed by atoms with van der Waals surface area (Å²) in [4.78, 5) is 22.4. The Hall–Kier alpha value is -1.65. The van der Waals surface area contributed by atoms with Crippen molar-refractivity contribution >= 4 is 11.9 Å². The van der Waals surface area contributed by atoms with Crippen LogP contribution < -0.4 is 0 Å². The van der Waals surface area contributed by atoms with E-state index < -0.39 is 11.9 Å². The molecule has 1 fully saturated rings. The summed E-state index contributed by atoms with van der Waals surface area (Å²) in [5.41, 5.74) is 0.931.